The van der Waals surface area contributed by atoms with Crippen LogP contribution in [0.5, 0.6) is 0 Å². The summed E-state index contributed by atoms with van der Waals surface area (Å²) in [4.78, 5) is 10.6. The predicted octanol–water partition coefficient (Wildman–Crippen LogP) is 0.220. The summed E-state index contributed by atoms with van der Waals surface area (Å²) in [6.45, 7) is 2.45. The molecule has 3 rings (SSSR count). The Morgan fingerprint density at radius 2 is 2.00 bits per heavy atom. The van der Waals surface area contributed by atoms with E-state index in [4.69, 9.17) is 0 Å². The summed E-state index contributed by atoms with van der Waals surface area (Å²) in [6, 6.07) is 0. The van der Waals surface area contributed by atoms with Crippen molar-refractivity contribution in [2.24, 2.45) is 0 Å². The van der Waals surface area contributed by atoms with Gasteiger partial charge in [0, 0.05) is 12.0 Å². The fourth-order valence-electron chi connectivity index (χ4n) is 3.09. The van der Waals surface area contributed by atoms with Gasteiger partial charge in [-0.2, -0.15) is 0 Å². The van der Waals surface area contributed by atoms with Gasteiger partial charge in [-0.15, -0.1) is 0 Å². The first-order chi connectivity index (χ1) is 8.92. The number of hydrogen-bond donors (Lipinski definition) is 0. The van der Waals surface area contributed by atoms with Crippen molar-refractivity contribution in [2.75, 3.05) is 37.2 Å². The van der Waals surface area contributed by atoms with Crippen LogP contribution in [0.1, 0.15) is 18.5 Å². The van der Waals surface area contributed by atoms with Gasteiger partial charge >= 0.3 is 0 Å². The highest BCUT2D eigenvalue weighted by Crippen LogP contribution is 2.46. The number of anilines is 1. The molecule has 0 saturated carbocycles. The largest absolute Gasteiger partial charge is 0.306 e. The maximum atomic E-state index is 11.9. The third-order valence-electron chi connectivity index (χ3n) is 4.25. The number of likely N-dealkylation sites (tertiary alicyclic amines) is 1. The quantitative estimate of drug-likeness (QED) is 0.737. The molecule has 0 bridgehead atoms. The summed E-state index contributed by atoms with van der Waals surface area (Å²) < 4.78 is 25.4. The van der Waals surface area contributed by atoms with E-state index in [1.807, 2.05) is 0 Å². The topological polar surface area (TPSA) is 66.4 Å². The van der Waals surface area contributed by atoms with Crippen LogP contribution in [-0.2, 0) is 15.4 Å². The Hall–Kier alpha value is -1.21. The Morgan fingerprint density at radius 1 is 1.32 bits per heavy atom. The van der Waals surface area contributed by atoms with Crippen molar-refractivity contribution < 1.29 is 8.42 Å². The summed E-state index contributed by atoms with van der Waals surface area (Å²) in [7, 11) is -1.17. The number of aromatic nitrogens is 2. The predicted molar refractivity (Wildman–Crippen MR) is 72.6 cm³/mol. The van der Waals surface area contributed by atoms with Gasteiger partial charge in [-0.3, -0.25) is 4.31 Å². The van der Waals surface area contributed by atoms with E-state index < -0.39 is 10.0 Å². The fraction of sp³-hybridized carbons (Fsp3) is 0.667. The molecule has 7 heteroatoms. The van der Waals surface area contributed by atoms with Gasteiger partial charge < -0.3 is 4.90 Å². The lowest BCUT2D eigenvalue weighted by atomic mass is 9.77. The van der Waals surface area contributed by atoms with Gasteiger partial charge in [-0.05, 0) is 33.0 Å². The van der Waals surface area contributed by atoms with Gasteiger partial charge in [0.15, 0.2) is 0 Å². The van der Waals surface area contributed by atoms with Crippen molar-refractivity contribution >= 4 is 15.7 Å². The maximum absolute atomic E-state index is 11.9. The number of rotatable bonds is 1. The smallest absolute Gasteiger partial charge is 0.232 e. The average Bonchev–Trinajstić information content (AvgIpc) is 2.69. The number of piperidine rings is 1. The molecule has 3 heterocycles. The first-order valence-corrected chi connectivity index (χ1v) is 8.24. The van der Waals surface area contributed by atoms with E-state index in [2.05, 4.69) is 21.9 Å². The molecular formula is C12H18N4O2S. The van der Waals surface area contributed by atoms with Crippen molar-refractivity contribution in [1.29, 1.82) is 0 Å². The van der Waals surface area contributed by atoms with Crippen LogP contribution in [0.2, 0.25) is 0 Å². The summed E-state index contributed by atoms with van der Waals surface area (Å²) in [5.41, 5.74) is 1.43. The lowest BCUT2D eigenvalue weighted by molar-refractivity contribution is 0.195. The van der Waals surface area contributed by atoms with E-state index in [1.165, 1.54) is 16.9 Å². The monoisotopic (exact) mass is 282 g/mol. The SMILES string of the molecule is CN1CCC2(CC1)CN(S(C)(=O)=O)c1cncnc12. The van der Waals surface area contributed by atoms with Gasteiger partial charge in [0.25, 0.3) is 0 Å². The molecule has 6 nitrogen and oxygen atoms in total. The molecule has 2 aliphatic heterocycles. The molecule has 1 aromatic heterocycles. The molecule has 0 radical (unpaired) electrons. The van der Waals surface area contributed by atoms with Gasteiger partial charge in [0.05, 0.1) is 23.8 Å². The third kappa shape index (κ3) is 2.01. The summed E-state index contributed by atoms with van der Waals surface area (Å²) in [5, 5.41) is 0. The van der Waals surface area contributed by atoms with Crippen LogP contribution in [0, 0.1) is 0 Å². The highest BCUT2D eigenvalue weighted by molar-refractivity contribution is 7.92. The summed E-state index contributed by atoms with van der Waals surface area (Å²) in [5.74, 6) is 0. The normalized spacial score (nSPS) is 22.7. The second kappa shape index (κ2) is 4.14. The Labute approximate surface area is 113 Å². The van der Waals surface area contributed by atoms with Crippen molar-refractivity contribution in [2.45, 2.75) is 18.3 Å². The molecule has 2 aliphatic rings. The standard InChI is InChI=1S/C12H18N4O2S/c1-15-5-3-12(4-6-15)8-16(19(2,17)18)10-7-13-9-14-11(10)12/h7,9H,3-6,8H2,1-2H3. The summed E-state index contributed by atoms with van der Waals surface area (Å²) >= 11 is 0. The minimum Gasteiger partial charge on any atom is -0.306 e. The van der Waals surface area contributed by atoms with Crippen molar-refractivity contribution in [3.63, 3.8) is 0 Å². The van der Waals surface area contributed by atoms with Crippen molar-refractivity contribution in [3.05, 3.63) is 18.2 Å². The molecule has 1 saturated heterocycles. The zero-order chi connectivity index (χ0) is 13.7. The fourth-order valence-corrected chi connectivity index (χ4v) is 4.06. The second-order valence-corrected chi connectivity index (χ2v) is 7.52. The van der Waals surface area contributed by atoms with E-state index >= 15 is 0 Å². The van der Waals surface area contributed by atoms with E-state index in [1.54, 1.807) is 6.20 Å². The average molecular weight is 282 g/mol. The number of nitrogens with zero attached hydrogens (tertiary/aromatic N) is 4. The molecular weight excluding hydrogens is 264 g/mol. The Kier molecular flexibility index (Phi) is 2.79. The van der Waals surface area contributed by atoms with Crippen LogP contribution in [0.3, 0.4) is 0 Å². The van der Waals surface area contributed by atoms with E-state index in [9.17, 15) is 8.42 Å². The Balaban J connectivity index is 2.07. The second-order valence-electron chi connectivity index (χ2n) is 5.61. The molecule has 0 aliphatic carbocycles. The lowest BCUT2D eigenvalue weighted by Crippen LogP contribution is -2.44. The lowest BCUT2D eigenvalue weighted by Gasteiger charge is -2.37. The number of hydrogen-bond acceptors (Lipinski definition) is 5. The van der Waals surface area contributed by atoms with Crippen molar-refractivity contribution in [1.82, 2.24) is 14.9 Å². The van der Waals surface area contributed by atoms with Crippen LogP contribution < -0.4 is 4.31 Å². The van der Waals surface area contributed by atoms with Crippen LogP contribution in [0.15, 0.2) is 12.5 Å². The first kappa shape index (κ1) is 12.8. The van der Waals surface area contributed by atoms with E-state index in [-0.39, 0.29) is 5.41 Å². The minimum absolute atomic E-state index is 0.131. The molecule has 104 valence electrons. The highest BCUT2D eigenvalue weighted by Gasteiger charge is 2.48. The maximum Gasteiger partial charge on any atom is 0.232 e. The molecule has 19 heavy (non-hydrogen) atoms. The van der Waals surface area contributed by atoms with Crippen molar-refractivity contribution in [3.8, 4) is 0 Å². The van der Waals surface area contributed by atoms with Gasteiger partial charge in [-0.25, -0.2) is 18.4 Å². The van der Waals surface area contributed by atoms with Crippen LogP contribution in [-0.4, -0.2) is 56.2 Å². The molecule has 1 spiro atoms. The summed E-state index contributed by atoms with van der Waals surface area (Å²) in [6.07, 6.45) is 6.28. The molecule has 0 amide bonds. The van der Waals surface area contributed by atoms with Crippen LogP contribution in [0.4, 0.5) is 5.69 Å². The van der Waals surface area contributed by atoms with Gasteiger partial charge in [-0.1, -0.05) is 0 Å². The zero-order valence-corrected chi connectivity index (χ0v) is 12.0. The van der Waals surface area contributed by atoms with Gasteiger partial charge in [0.1, 0.15) is 6.33 Å². The molecule has 0 atom stereocenters. The first-order valence-electron chi connectivity index (χ1n) is 6.39. The minimum atomic E-state index is -3.27. The Bertz CT molecular complexity index is 594. The highest BCUT2D eigenvalue weighted by atomic mass is 32.2. The molecule has 1 fully saturated rings. The van der Waals surface area contributed by atoms with Crippen LogP contribution in [0.25, 0.3) is 0 Å². The van der Waals surface area contributed by atoms with Gasteiger partial charge in [0.2, 0.25) is 10.0 Å². The third-order valence-corrected chi connectivity index (χ3v) is 5.38. The number of fused-ring (bicyclic) bond motifs is 2. The van der Waals surface area contributed by atoms with E-state index in [0.29, 0.717) is 12.2 Å². The van der Waals surface area contributed by atoms with Crippen LogP contribution >= 0.6 is 0 Å². The number of sulfonamides is 1. The molecule has 1 aromatic rings. The molecule has 0 unspecified atom stereocenters. The van der Waals surface area contributed by atoms with E-state index in [0.717, 1.165) is 31.6 Å². The molecule has 0 aromatic carbocycles. The molecule has 0 N–H and O–H groups in total. The Morgan fingerprint density at radius 3 is 2.63 bits per heavy atom. The zero-order valence-electron chi connectivity index (χ0n) is 11.2.